The Labute approximate surface area is 118 Å². The molecular weight excluding hydrogens is 254 g/mol. The minimum Gasteiger partial charge on any atom is -0.393 e. The molecule has 0 spiro atoms. The Hall–Kier alpha value is -1.46. The first-order valence-electron chi connectivity index (χ1n) is 6.72. The zero-order valence-corrected chi connectivity index (χ0v) is 11.6. The molecule has 0 saturated carbocycles. The highest BCUT2D eigenvalue weighted by molar-refractivity contribution is 5.83. The molecule has 4 nitrogen and oxygen atoms in total. The van der Waals surface area contributed by atoms with E-state index in [9.17, 15) is 10.2 Å². The standard InChI is InChI=1S/C16H21NO3/c1-16(20,11-18)10-17-9-15(19)14-7-6-12-4-2-3-5-13(12)8-14/h2-8,15,17-20H,9-11H2,1H3. The van der Waals surface area contributed by atoms with E-state index in [-0.39, 0.29) is 13.2 Å². The van der Waals surface area contributed by atoms with Crippen LogP contribution in [-0.2, 0) is 0 Å². The summed E-state index contributed by atoms with van der Waals surface area (Å²) in [6.07, 6.45) is -0.644. The summed E-state index contributed by atoms with van der Waals surface area (Å²) in [5.41, 5.74) is -0.330. The Morgan fingerprint density at radius 3 is 2.55 bits per heavy atom. The summed E-state index contributed by atoms with van der Waals surface area (Å²) in [7, 11) is 0. The first-order valence-corrected chi connectivity index (χ1v) is 6.72. The molecule has 2 aromatic rings. The second kappa shape index (κ2) is 6.33. The summed E-state index contributed by atoms with van der Waals surface area (Å²) in [4.78, 5) is 0. The molecule has 0 aliphatic heterocycles. The van der Waals surface area contributed by atoms with Crippen molar-refractivity contribution in [3.05, 3.63) is 48.0 Å². The number of hydrogen-bond acceptors (Lipinski definition) is 4. The van der Waals surface area contributed by atoms with Gasteiger partial charge in [-0.15, -0.1) is 0 Å². The van der Waals surface area contributed by atoms with E-state index < -0.39 is 11.7 Å². The highest BCUT2D eigenvalue weighted by Crippen LogP contribution is 2.20. The monoisotopic (exact) mass is 275 g/mol. The molecule has 0 heterocycles. The third-order valence-corrected chi connectivity index (χ3v) is 3.34. The summed E-state index contributed by atoms with van der Waals surface area (Å²) >= 11 is 0. The van der Waals surface area contributed by atoms with E-state index in [2.05, 4.69) is 5.32 Å². The highest BCUT2D eigenvalue weighted by atomic mass is 16.3. The van der Waals surface area contributed by atoms with Crippen molar-refractivity contribution in [1.29, 1.82) is 0 Å². The largest absolute Gasteiger partial charge is 0.393 e. The third kappa shape index (κ3) is 3.77. The van der Waals surface area contributed by atoms with E-state index in [1.54, 1.807) is 6.92 Å². The Balaban J connectivity index is 1.99. The zero-order chi connectivity index (χ0) is 14.6. The molecule has 0 radical (unpaired) electrons. The lowest BCUT2D eigenvalue weighted by atomic mass is 10.0. The molecule has 0 fully saturated rings. The van der Waals surface area contributed by atoms with Gasteiger partial charge in [-0.2, -0.15) is 0 Å². The molecule has 2 rings (SSSR count). The smallest absolute Gasteiger partial charge is 0.0972 e. The Morgan fingerprint density at radius 1 is 1.15 bits per heavy atom. The van der Waals surface area contributed by atoms with Crippen LogP contribution in [0.1, 0.15) is 18.6 Å². The molecule has 4 N–H and O–H groups in total. The van der Waals surface area contributed by atoms with Crippen LogP contribution in [0.25, 0.3) is 10.8 Å². The van der Waals surface area contributed by atoms with E-state index in [0.717, 1.165) is 16.3 Å². The number of rotatable bonds is 6. The van der Waals surface area contributed by atoms with Crippen LogP contribution in [0.5, 0.6) is 0 Å². The third-order valence-electron chi connectivity index (χ3n) is 3.34. The van der Waals surface area contributed by atoms with Crippen molar-refractivity contribution in [2.24, 2.45) is 0 Å². The van der Waals surface area contributed by atoms with Gasteiger partial charge in [0.2, 0.25) is 0 Å². The van der Waals surface area contributed by atoms with Crippen LogP contribution in [0.3, 0.4) is 0 Å². The van der Waals surface area contributed by atoms with Gasteiger partial charge in [0.05, 0.1) is 18.3 Å². The van der Waals surface area contributed by atoms with Gasteiger partial charge in [-0.1, -0.05) is 36.4 Å². The molecule has 2 aromatic carbocycles. The Morgan fingerprint density at radius 2 is 1.85 bits per heavy atom. The lowest BCUT2D eigenvalue weighted by molar-refractivity contribution is 0.000731. The topological polar surface area (TPSA) is 72.7 Å². The second-order valence-corrected chi connectivity index (χ2v) is 5.41. The van der Waals surface area contributed by atoms with E-state index in [0.29, 0.717) is 6.54 Å². The van der Waals surface area contributed by atoms with Gasteiger partial charge in [-0.05, 0) is 29.3 Å². The molecule has 2 unspecified atom stereocenters. The summed E-state index contributed by atoms with van der Waals surface area (Å²) in [5.74, 6) is 0. The quantitative estimate of drug-likeness (QED) is 0.639. The van der Waals surface area contributed by atoms with Crippen LogP contribution in [0.15, 0.2) is 42.5 Å². The summed E-state index contributed by atoms with van der Waals surface area (Å²) < 4.78 is 0. The maximum absolute atomic E-state index is 10.1. The molecule has 4 heteroatoms. The van der Waals surface area contributed by atoms with Crippen molar-refractivity contribution < 1.29 is 15.3 Å². The number of aliphatic hydroxyl groups excluding tert-OH is 2. The van der Waals surface area contributed by atoms with Crippen molar-refractivity contribution in [2.45, 2.75) is 18.6 Å². The maximum atomic E-state index is 10.1. The molecule has 0 amide bonds. The fourth-order valence-corrected chi connectivity index (χ4v) is 2.07. The summed E-state index contributed by atoms with van der Waals surface area (Å²) in [5, 5.41) is 33.9. The van der Waals surface area contributed by atoms with Crippen molar-refractivity contribution in [3.63, 3.8) is 0 Å². The predicted molar refractivity (Wildman–Crippen MR) is 79.5 cm³/mol. The van der Waals surface area contributed by atoms with Crippen LogP contribution in [0, 0.1) is 0 Å². The average molecular weight is 275 g/mol. The zero-order valence-electron chi connectivity index (χ0n) is 11.6. The number of fused-ring (bicyclic) bond motifs is 1. The number of aliphatic hydroxyl groups is 3. The van der Waals surface area contributed by atoms with Crippen molar-refractivity contribution >= 4 is 10.8 Å². The number of benzene rings is 2. The normalized spacial score (nSPS) is 16.0. The predicted octanol–water partition coefficient (Wildman–Crippen LogP) is 1.21. The van der Waals surface area contributed by atoms with Crippen LogP contribution in [0.2, 0.25) is 0 Å². The van der Waals surface area contributed by atoms with E-state index in [1.807, 2.05) is 42.5 Å². The number of hydrogen-bond donors (Lipinski definition) is 4. The average Bonchev–Trinajstić information content (AvgIpc) is 2.46. The van der Waals surface area contributed by atoms with Crippen LogP contribution < -0.4 is 5.32 Å². The van der Waals surface area contributed by atoms with Gasteiger partial charge in [0, 0.05) is 13.1 Å². The van der Waals surface area contributed by atoms with Gasteiger partial charge in [-0.3, -0.25) is 0 Å². The molecule has 0 aliphatic rings. The molecule has 20 heavy (non-hydrogen) atoms. The van der Waals surface area contributed by atoms with Crippen molar-refractivity contribution in [3.8, 4) is 0 Å². The highest BCUT2D eigenvalue weighted by Gasteiger charge is 2.18. The van der Waals surface area contributed by atoms with Crippen LogP contribution in [-0.4, -0.2) is 40.6 Å². The molecule has 0 bridgehead atoms. The SMILES string of the molecule is CC(O)(CO)CNCC(O)c1ccc2ccccc2c1. The van der Waals surface area contributed by atoms with E-state index in [1.165, 1.54) is 0 Å². The molecule has 108 valence electrons. The van der Waals surface area contributed by atoms with E-state index in [4.69, 9.17) is 5.11 Å². The maximum Gasteiger partial charge on any atom is 0.0972 e. The minimum atomic E-state index is -1.16. The Bertz CT molecular complexity index is 568. The lowest BCUT2D eigenvalue weighted by Gasteiger charge is -2.22. The van der Waals surface area contributed by atoms with Gasteiger partial charge < -0.3 is 20.6 Å². The number of nitrogens with one attached hydrogen (secondary N) is 1. The minimum absolute atomic E-state index is 0.230. The molecule has 2 atom stereocenters. The molecular formula is C16H21NO3. The first kappa shape index (κ1) is 14.9. The van der Waals surface area contributed by atoms with Gasteiger partial charge in [0.25, 0.3) is 0 Å². The molecule has 0 aliphatic carbocycles. The van der Waals surface area contributed by atoms with Gasteiger partial charge in [0.15, 0.2) is 0 Å². The van der Waals surface area contributed by atoms with Crippen molar-refractivity contribution in [1.82, 2.24) is 5.32 Å². The van der Waals surface area contributed by atoms with Gasteiger partial charge >= 0.3 is 0 Å². The van der Waals surface area contributed by atoms with Gasteiger partial charge in [-0.25, -0.2) is 0 Å². The van der Waals surface area contributed by atoms with Crippen LogP contribution >= 0.6 is 0 Å². The first-order chi connectivity index (χ1) is 9.52. The fourth-order valence-electron chi connectivity index (χ4n) is 2.07. The van der Waals surface area contributed by atoms with Gasteiger partial charge in [0.1, 0.15) is 0 Å². The lowest BCUT2D eigenvalue weighted by Crippen LogP contribution is -2.42. The fraction of sp³-hybridized carbons (Fsp3) is 0.375. The van der Waals surface area contributed by atoms with E-state index >= 15 is 0 Å². The summed E-state index contributed by atoms with van der Waals surface area (Å²) in [6.45, 7) is 1.79. The molecule has 0 aromatic heterocycles. The Kier molecular flexibility index (Phi) is 4.73. The van der Waals surface area contributed by atoms with Crippen LogP contribution in [0.4, 0.5) is 0 Å². The second-order valence-electron chi connectivity index (χ2n) is 5.41. The van der Waals surface area contributed by atoms with Crippen molar-refractivity contribution in [2.75, 3.05) is 19.7 Å². The summed E-state index contributed by atoms with van der Waals surface area (Å²) in [6, 6.07) is 13.8. The molecule has 0 saturated heterocycles.